The summed E-state index contributed by atoms with van der Waals surface area (Å²) in [6.07, 6.45) is 2.83. The van der Waals surface area contributed by atoms with Gasteiger partial charge in [0, 0.05) is 11.8 Å². The first-order valence-electron chi connectivity index (χ1n) is 5.91. The maximum absolute atomic E-state index is 13.6. The molecule has 1 aromatic heterocycles. The van der Waals surface area contributed by atoms with Gasteiger partial charge in [-0.3, -0.25) is 4.98 Å². The summed E-state index contributed by atoms with van der Waals surface area (Å²) < 4.78 is 19.3. The summed E-state index contributed by atoms with van der Waals surface area (Å²) >= 11 is 0. The number of rotatable bonds is 5. The third-order valence-electron chi connectivity index (χ3n) is 2.31. The number of hydrogen-bond acceptors (Lipinski definition) is 3. The van der Waals surface area contributed by atoms with Crippen LogP contribution in [0.2, 0.25) is 0 Å². The van der Waals surface area contributed by atoms with Gasteiger partial charge in [0.15, 0.2) is 0 Å². The molecular weight excluding hydrogens is 219 g/mol. The molecule has 0 spiro atoms. The summed E-state index contributed by atoms with van der Waals surface area (Å²) in [5.74, 6) is -0.295. The molecule has 0 fully saturated rings. The average Bonchev–Trinajstić information content (AvgIpc) is 2.24. The zero-order valence-corrected chi connectivity index (χ0v) is 11.0. The van der Waals surface area contributed by atoms with E-state index in [-0.39, 0.29) is 17.5 Å². The van der Waals surface area contributed by atoms with Gasteiger partial charge in [-0.15, -0.1) is 0 Å². The summed E-state index contributed by atoms with van der Waals surface area (Å²) in [7, 11) is 0. The molecular formula is C13H21FN2O. The van der Waals surface area contributed by atoms with Crippen molar-refractivity contribution < 1.29 is 9.13 Å². The largest absolute Gasteiger partial charge is 0.374 e. The molecule has 3 nitrogen and oxygen atoms in total. The lowest BCUT2D eigenvalue weighted by Crippen LogP contribution is -2.30. The molecule has 0 aliphatic heterocycles. The number of nitrogens with one attached hydrogen (secondary N) is 1. The monoisotopic (exact) mass is 240 g/mol. The molecule has 0 radical (unpaired) electrons. The molecule has 1 aromatic rings. The van der Waals surface area contributed by atoms with Crippen LogP contribution in [0.4, 0.5) is 4.39 Å². The van der Waals surface area contributed by atoms with Gasteiger partial charge in [0.05, 0.1) is 24.4 Å². The van der Waals surface area contributed by atoms with Gasteiger partial charge in [-0.25, -0.2) is 4.39 Å². The summed E-state index contributed by atoms with van der Waals surface area (Å²) in [6.45, 7) is 9.15. The van der Waals surface area contributed by atoms with Crippen LogP contribution in [0, 0.1) is 5.82 Å². The Kier molecular flexibility index (Phi) is 5.02. The van der Waals surface area contributed by atoms with Crippen LogP contribution in [0.15, 0.2) is 18.5 Å². The highest BCUT2D eigenvalue weighted by molar-refractivity contribution is 5.17. The first-order valence-corrected chi connectivity index (χ1v) is 5.91. The third kappa shape index (κ3) is 4.79. The van der Waals surface area contributed by atoms with E-state index in [9.17, 15) is 4.39 Å². The number of aromatic nitrogens is 1. The Hall–Kier alpha value is -1.00. The number of ether oxygens (including phenoxy) is 1. The molecule has 1 heterocycles. The molecule has 1 unspecified atom stereocenters. The zero-order valence-electron chi connectivity index (χ0n) is 11.0. The number of likely N-dealkylation sites (N-methyl/N-ethyl adjacent to an activating group) is 1. The van der Waals surface area contributed by atoms with Gasteiger partial charge in [0.1, 0.15) is 5.82 Å². The van der Waals surface area contributed by atoms with Gasteiger partial charge in [-0.1, -0.05) is 6.92 Å². The maximum Gasteiger partial charge on any atom is 0.146 e. The zero-order chi connectivity index (χ0) is 12.9. The highest BCUT2D eigenvalue weighted by atomic mass is 19.1. The van der Waals surface area contributed by atoms with Crippen molar-refractivity contribution in [1.82, 2.24) is 10.3 Å². The minimum atomic E-state index is -0.295. The first kappa shape index (κ1) is 14.1. The van der Waals surface area contributed by atoms with Crippen molar-refractivity contribution in [1.29, 1.82) is 0 Å². The third-order valence-corrected chi connectivity index (χ3v) is 2.31. The fraction of sp³-hybridized carbons (Fsp3) is 0.615. The fourth-order valence-corrected chi connectivity index (χ4v) is 1.51. The predicted molar refractivity (Wildman–Crippen MR) is 66.3 cm³/mol. The SMILES string of the molecule is CCNC(COC(C)(C)C)c1ccncc1F. The molecule has 0 aromatic carbocycles. The molecule has 4 heteroatoms. The van der Waals surface area contributed by atoms with E-state index in [1.54, 1.807) is 12.3 Å². The molecule has 1 rings (SSSR count). The smallest absolute Gasteiger partial charge is 0.146 e. The van der Waals surface area contributed by atoms with Gasteiger partial charge in [0.25, 0.3) is 0 Å². The molecule has 96 valence electrons. The molecule has 0 saturated carbocycles. The fourth-order valence-electron chi connectivity index (χ4n) is 1.51. The van der Waals surface area contributed by atoms with E-state index in [2.05, 4.69) is 10.3 Å². The normalized spacial score (nSPS) is 13.7. The van der Waals surface area contributed by atoms with Crippen LogP contribution < -0.4 is 5.32 Å². The quantitative estimate of drug-likeness (QED) is 0.859. The summed E-state index contributed by atoms with van der Waals surface area (Å²) in [4.78, 5) is 3.75. The molecule has 1 N–H and O–H groups in total. The van der Waals surface area contributed by atoms with Gasteiger partial charge in [-0.05, 0) is 33.4 Å². The van der Waals surface area contributed by atoms with Gasteiger partial charge in [-0.2, -0.15) is 0 Å². The summed E-state index contributed by atoms with van der Waals surface area (Å²) in [6, 6.07) is 1.55. The summed E-state index contributed by atoms with van der Waals surface area (Å²) in [5.41, 5.74) is 0.378. The van der Waals surface area contributed by atoms with E-state index in [0.29, 0.717) is 12.2 Å². The Bertz CT molecular complexity index is 350. The topological polar surface area (TPSA) is 34.1 Å². The average molecular weight is 240 g/mol. The second-order valence-electron chi connectivity index (χ2n) is 4.93. The lowest BCUT2D eigenvalue weighted by Gasteiger charge is -2.25. The second-order valence-corrected chi connectivity index (χ2v) is 4.93. The van der Waals surface area contributed by atoms with E-state index in [1.807, 2.05) is 27.7 Å². The standard InChI is InChI=1S/C13H21FN2O/c1-5-16-12(9-17-13(2,3)4)10-6-7-15-8-11(10)14/h6-8,12,16H,5,9H2,1-4H3. The number of halogens is 1. The van der Waals surface area contributed by atoms with Gasteiger partial charge >= 0.3 is 0 Å². The molecule has 17 heavy (non-hydrogen) atoms. The van der Waals surface area contributed by atoms with Crippen molar-refractivity contribution >= 4 is 0 Å². The van der Waals surface area contributed by atoms with E-state index in [0.717, 1.165) is 6.54 Å². The van der Waals surface area contributed by atoms with Crippen molar-refractivity contribution in [2.45, 2.75) is 39.3 Å². The van der Waals surface area contributed by atoms with E-state index in [1.165, 1.54) is 6.20 Å². The van der Waals surface area contributed by atoms with Crippen LogP contribution in [-0.2, 0) is 4.74 Å². The Morgan fingerprint density at radius 3 is 2.71 bits per heavy atom. The lowest BCUT2D eigenvalue weighted by molar-refractivity contribution is -0.0150. The molecule has 0 amide bonds. The van der Waals surface area contributed by atoms with Crippen molar-refractivity contribution in [3.05, 3.63) is 29.8 Å². The Morgan fingerprint density at radius 2 is 2.18 bits per heavy atom. The van der Waals surface area contributed by atoms with Crippen LogP contribution in [0.3, 0.4) is 0 Å². The van der Waals surface area contributed by atoms with Crippen molar-refractivity contribution in [2.75, 3.05) is 13.2 Å². The first-order chi connectivity index (χ1) is 7.94. The van der Waals surface area contributed by atoms with Crippen molar-refractivity contribution in [2.24, 2.45) is 0 Å². The highest BCUT2D eigenvalue weighted by Crippen LogP contribution is 2.18. The number of pyridine rings is 1. The van der Waals surface area contributed by atoms with Crippen molar-refractivity contribution in [3.63, 3.8) is 0 Å². The highest BCUT2D eigenvalue weighted by Gasteiger charge is 2.18. The molecule has 0 saturated heterocycles. The van der Waals surface area contributed by atoms with E-state index >= 15 is 0 Å². The number of hydrogen-bond donors (Lipinski definition) is 1. The summed E-state index contributed by atoms with van der Waals surface area (Å²) in [5, 5.41) is 3.22. The van der Waals surface area contributed by atoms with Crippen LogP contribution in [0.25, 0.3) is 0 Å². The Morgan fingerprint density at radius 1 is 1.47 bits per heavy atom. The van der Waals surface area contributed by atoms with Gasteiger partial charge in [0.2, 0.25) is 0 Å². The number of nitrogens with zero attached hydrogens (tertiary/aromatic N) is 1. The Labute approximate surface area is 102 Å². The molecule has 0 bridgehead atoms. The van der Waals surface area contributed by atoms with Crippen molar-refractivity contribution in [3.8, 4) is 0 Å². The molecule has 1 atom stereocenters. The maximum atomic E-state index is 13.6. The van der Waals surface area contributed by atoms with E-state index in [4.69, 9.17) is 4.74 Å². The predicted octanol–water partition coefficient (Wildman–Crippen LogP) is 2.69. The van der Waals surface area contributed by atoms with Crippen LogP contribution in [0.5, 0.6) is 0 Å². The Balaban J connectivity index is 2.75. The van der Waals surface area contributed by atoms with Crippen LogP contribution in [0.1, 0.15) is 39.3 Å². The van der Waals surface area contributed by atoms with E-state index < -0.39 is 0 Å². The van der Waals surface area contributed by atoms with Crippen LogP contribution >= 0.6 is 0 Å². The molecule has 0 aliphatic rings. The molecule has 0 aliphatic carbocycles. The second kappa shape index (κ2) is 6.07. The minimum absolute atomic E-state index is 0.137. The van der Waals surface area contributed by atoms with Crippen LogP contribution in [-0.4, -0.2) is 23.7 Å². The minimum Gasteiger partial charge on any atom is -0.374 e. The lowest BCUT2D eigenvalue weighted by atomic mass is 10.1. The van der Waals surface area contributed by atoms with Gasteiger partial charge < -0.3 is 10.1 Å².